The van der Waals surface area contributed by atoms with E-state index in [1.54, 1.807) is 24.3 Å². The van der Waals surface area contributed by atoms with Gasteiger partial charge in [0.05, 0.1) is 16.8 Å². The van der Waals surface area contributed by atoms with Gasteiger partial charge in [0.15, 0.2) is 0 Å². The minimum atomic E-state index is -0.348. The van der Waals surface area contributed by atoms with Crippen molar-refractivity contribution in [1.29, 1.82) is 0 Å². The number of amides is 2. The number of carbonyl (C=O) groups excluding carboxylic acids is 2. The molecule has 106 valence electrons. The van der Waals surface area contributed by atoms with E-state index in [-0.39, 0.29) is 11.8 Å². The van der Waals surface area contributed by atoms with Gasteiger partial charge in [-0.05, 0) is 17.7 Å². The molecule has 0 radical (unpaired) electrons. The molecule has 0 fully saturated rings. The number of hydrogen-bond donors (Lipinski definition) is 2. The lowest BCUT2D eigenvalue weighted by Crippen LogP contribution is -2.22. The average Bonchev–Trinajstić information content (AvgIpc) is 2.84. The highest BCUT2D eigenvalue weighted by Gasteiger charge is 2.24. The average molecular weight is 319 g/mol. The smallest absolute Gasteiger partial charge is 0.256 e. The predicted octanol–water partition coefficient (Wildman–Crippen LogP) is 2.69. The third-order valence-electron chi connectivity index (χ3n) is 3.38. The molecule has 0 saturated carbocycles. The zero-order valence-electron chi connectivity index (χ0n) is 10.9. The molecule has 2 amide bonds. The standard InChI is InChI=1S/C15H11ClN2O2S/c16-9-4-5-12(21)10(6-9)14(19)18-11-3-1-2-8-7-17-15(20)13(8)11/h1-4,6H,5,7H2,(H,17,20)(H,18,19). The summed E-state index contributed by atoms with van der Waals surface area (Å²) in [6, 6.07) is 5.35. The van der Waals surface area contributed by atoms with E-state index < -0.39 is 0 Å². The molecule has 1 heterocycles. The van der Waals surface area contributed by atoms with Gasteiger partial charge in [-0.2, -0.15) is 0 Å². The van der Waals surface area contributed by atoms with Crippen molar-refractivity contribution in [1.82, 2.24) is 5.32 Å². The molecule has 1 aliphatic heterocycles. The highest BCUT2D eigenvalue weighted by molar-refractivity contribution is 7.81. The van der Waals surface area contributed by atoms with Crippen LogP contribution in [-0.2, 0) is 11.3 Å². The molecule has 1 aromatic carbocycles. The number of thiocarbonyl (C=S) groups is 1. The monoisotopic (exact) mass is 318 g/mol. The van der Waals surface area contributed by atoms with Gasteiger partial charge in [-0.25, -0.2) is 0 Å². The minimum Gasteiger partial charge on any atom is -0.348 e. The summed E-state index contributed by atoms with van der Waals surface area (Å²) in [5.41, 5.74) is 2.24. The Hall–Kier alpha value is -1.98. The van der Waals surface area contributed by atoms with E-state index in [0.717, 1.165) is 5.56 Å². The van der Waals surface area contributed by atoms with Crippen LogP contribution in [-0.4, -0.2) is 16.7 Å². The summed E-state index contributed by atoms with van der Waals surface area (Å²) in [7, 11) is 0. The van der Waals surface area contributed by atoms with Gasteiger partial charge >= 0.3 is 0 Å². The first-order valence-corrected chi connectivity index (χ1v) is 7.17. The third-order valence-corrected chi connectivity index (χ3v) is 4.03. The van der Waals surface area contributed by atoms with Crippen LogP contribution in [0.4, 0.5) is 5.69 Å². The highest BCUT2D eigenvalue weighted by atomic mass is 35.5. The Balaban J connectivity index is 1.90. The molecule has 4 nitrogen and oxygen atoms in total. The summed E-state index contributed by atoms with van der Waals surface area (Å²) in [5.74, 6) is -0.529. The molecule has 1 aliphatic carbocycles. The van der Waals surface area contributed by atoms with E-state index in [9.17, 15) is 9.59 Å². The summed E-state index contributed by atoms with van der Waals surface area (Å²) >= 11 is 11.1. The van der Waals surface area contributed by atoms with Crippen LogP contribution in [0.5, 0.6) is 0 Å². The molecular formula is C15H11ClN2O2S. The first-order chi connectivity index (χ1) is 10.1. The highest BCUT2D eigenvalue weighted by Crippen LogP contribution is 2.26. The largest absolute Gasteiger partial charge is 0.348 e. The number of fused-ring (bicyclic) bond motifs is 1. The van der Waals surface area contributed by atoms with E-state index in [2.05, 4.69) is 10.6 Å². The molecule has 0 aromatic heterocycles. The van der Waals surface area contributed by atoms with Gasteiger partial charge in [0.1, 0.15) is 0 Å². The minimum absolute atomic E-state index is 0.181. The summed E-state index contributed by atoms with van der Waals surface area (Å²) in [4.78, 5) is 24.7. The maximum absolute atomic E-state index is 12.3. The van der Waals surface area contributed by atoms with Crippen LogP contribution in [0.2, 0.25) is 0 Å². The van der Waals surface area contributed by atoms with E-state index in [0.29, 0.717) is 39.7 Å². The van der Waals surface area contributed by atoms with E-state index in [1.807, 2.05) is 6.07 Å². The van der Waals surface area contributed by atoms with E-state index in [1.165, 1.54) is 0 Å². The summed E-state index contributed by atoms with van der Waals surface area (Å²) in [6.45, 7) is 0.480. The van der Waals surface area contributed by atoms with Crippen molar-refractivity contribution in [2.45, 2.75) is 13.0 Å². The molecule has 6 heteroatoms. The fourth-order valence-corrected chi connectivity index (χ4v) is 2.76. The van der Waals surface area contributed by atoms with Crippen LogP contribution >= 0.6 is 23.8 Å². The van der Waals surface area contributed by atoms with Crippen LogP contribution in [0.25, 0.3) is 0 Å². The lowest BCUT2D eigenvalue weighted by Gasteiger charge is -2.14. The number of rotatable bonds is 2. The lowest BCUT2D eigenvalue weighted by molar-refractivity contribution is -0.112. The second kappa shape index (κ2) is 5.42. The Morgan fingerprint density at radius 3 is 3.00 bits per heavy atom. The van der Waals surface area contributed by atoms with Crippen LogP contribution in [0.1, 0.15) is 22.3 Å². The van der Waals surface area contributed by atoms with Crippen molar-refractivity contribution in [2.75, 3.05) is 5.32 Å². The lowest BCUT2D eigenvalue weighted by atomic mass is 10.0. The van der Waals surface area contributed by atoms with Gasteiger partial charge in [0, 0.05) is 22.9 Å². The number of nitrogens with one attached hydrogen (secondary N) is 2. The fourth-order valence-electron chi connectivity index (χ4n) is 2.34. The summed E-state index contributed by atoms with van der Waals surface area (Å²) in [5, 5.41) is 5.98. The van der Waals surface area contributed by atoms with Crippen LogP contribution < -0.4 is 10.6 Å². The molecule has 0 saturated heterocycles. The van der Waals surface area contributed by atoms with Gasteiger partial charge in [-0.1, -0.05) is 42.0 Å². The van der Waals surface area contributed by atoms with Gasteiger partial charge in [0.2, 0.25) is 0 Å². The number of hydrogen-bond acceptors (Lipinski definition) is 3. The van der Waals surface area contributed by atoms with Crippen molar-refractivity contribution in [2.24, 2.45) is 0 Å². The van der Waals surface area contributed by atoms with Crippen molar-refractivity contribution < 1.29 is 9.59 Å². The molecule has 1 aromatic rings. The quantitative estimate of drug-likeness (QED) is 0.824. The van der Waals surface area contributed by atoms with Crippen LogP contribution in [0.3, 0.4) is 0 Å². The number of carbonyl (C=O) groups is 2. The Bertz CT molecular complexity index is 737. The first kappa shape index (κ1) is 14.0. The molecule has 2 aliphatic rings. The van der Waals surface area contributed by atoms with Gasteiger partial charge < -0.3 is 10.6 Å². The molecule has 3 rings (SSSR count). The van der Waals surface area contributed by atoms with Crippen molar-refractivity contribution in [3.05, 3.63) is 52.1 Å². The molecule has 21 heavy (non-hydrogen) atoms. The maximum Gasteiger partial charge on any atom is 0.256 e. The topological polar surface area (TPSA) is 58.2 Å². The van der Waals surface area contributed by atoms with Crippen molar-refractivity contribution >= 4 is 46.2 Å². The third kappa shape index (κ3) is 2.62. The molecule has 0 atom stereocenters. The predicted molar refractivity (Wildman–Crippen MR) is 85.5 cm³/mol. The summed E-state index contributed by atoms with van der Waals surface area (Å²) in [6.07, 6.45) is 3.78. The van der Waals surface area contributed by atoms with Crippen molar-refractivity contribution in [3.63, 3.8) is 0 Å². The van der Waals surface area contributed by atoms with Crippen molar-refractivity contribution in [3.8, 4) is 0 Å². The second-order valence-electron chi connectivity index (χ2n) is 4.75. The van der Waals surface area contributed by atoms with Gasteiger partial charge in [-0.15, -0.1) is 0 Å². The Labute approximate surface area is 131 Å². The Morgan fingerprint density at radius 2 is 2.19 bits per heavy atom. The number of anilines is 1. The molecular weight excluding hydrogens is 308 g/mol. The maximum atomic E-state index is 12.3. The van der Waals surface area contributed by atoms with E-state index >= 15 is 0 Å². The Kier molecular flexibility index (Phi) is 3.61. The molecule has 0 bridgehead atoms. The SMILES string of the molecule is O=C(Nc1cccc2c1C(=O)NC2)C1=CC(Cl)=CCC1=S. The zero-order chi connectivity index (χ0) is 15.0. The molecule has 2 N–H and O–H groups in total. The normalized spacial score (nSPS) is 16.8. The number of benzene rings is 1. The van der Waals surface area contributed by atoms with Crippen LogP contribution in [0, 0.1) is 0 Å². The second-order valence-corrected chi connectivity index (χ2v) is 5.68. The molecule has 0 spiro atoms. The van der Waals surface area contributed by atoms with Gasteiger partial charge in [-0.3, -0.25) is 9.59 Å². The van der Waals surface area contributed by atoms with Crippen LogP contribution in [0.15, 0.2) is 41.0 Å². The summed E-state index contributed by atoms with van der Waals surface area (Å²) < 4.78 is 0. The Morgan fingerprint density at radius 1 is 1.38 bits per heavy atom. The fraction of sp³-hybridized carbons (Fsp3) is 0.133. The number of allylic oxidation sites excluding steroid dienone is 3. The van der Waals surface area contributed by atoms with Gasteiger partial charge in [0.25, 0.3) is 11.8 Å². The van der Waals surface area contributed by atoms with E-state index in [4.69, 9.17) is 23.8 Å². The first-order valence-electron chi connectivity index (χ1n) is 6.38. The number of halogens is 1. The molecule has 0 unspecified atom stereocenters. The zero-order valence-corrected chi connectivity index (χ0v) is 12.5.